The number of esters is 1. The first-order chi connectivity index (χ1) is 14.5. The Balaban J connectivity index is 1.80. The summed E-state index contributed by atoms with van der Waals surface area (Å²) in [6.45, 7) is 9.83. The van der Waals surface area contributed by atoms with Gasteiger partial charge in [-0.05, 0) is 55.8 Å². The zero-order valence-electron chi connectivity index (χ0n) is 19.3. The maximum absolute atomic E-state index is 15.5. The molecule has 4 aliphatic rings. The number of aliphatic hydroxyl groups excluding tert-OH is 1. The number of hydrogen-bond donors (Lipinski definition) is 1. The number of allylic oxidation sites excluding steroid dienone is 1. The van der Waals surface area contributed by atoms with Gasteiger partial charge in [0.25, 0.3) is 0 Å². The first-order valence-corrected chi connectivity index (χ1v) is 11.9. The zero-order valence-corrected chi connectivity index (χ0v) is 19.3. The summed E-state index contributed by atoms with van der Waals surface area (Å²) in [6.07, 6.45) is 0.406. The molecule has 9 atom stereocenters. The molecule has 0 heterocycles. The minimum atomic E-state index is -1.52. The van der Waals surface area contributed by atoms with Gasteiger partial charge in [-0.2, -0.15) is 0 Å². The maximum atomic E-state index is 15.5. The Bertz CT molecular complexity index is 824. The SMILES string of the molecule is CCC(=O)OC1(CC)C(C)C[C@H]2[C@@H]3CC(F)C4=C(F)C(=O)CC[C@]4(C)[C@@H]3C(O)C[C@@]21C. The number of hydrogen-bond acceptors (Lipinski definition) is 4. The lowest BCUT2D eigenvalue weighted by Crippen LogP contribution is -2.62. The maximum Gasteiger partial charge on any atom is 0.306 e. The van der Waals surface area contributed by atoms with Crippen LogP contribution in [0.4, 0.5) is 8.78 Å². The van der Waals surface area contributed by atoms with E-state index in [1.807, 2.05) is 13.8 Å². The average molecular weight is 439 g/mol. The first kappa shape index (κ1) is 22.9. The van der Waals surface area contributed by atoms with Gasteiger partial charge in [-0.3, -0.25) is 9.59 Å². The van der Waals surface area contributed by atoms with E-state index >= 15 is 4.39 Å². The van der Waals surface area contributed by atoms with E-state index in [0.29, 0.717) is 19.3 Å². The van der Waals surface area contributed by atoms with Crippen LogP contribution >= 0.6 is 0 Å². The number of ether oxygens (including phenoxy) is 1. The number of fused-ring (bicyclic) bond motifs is 5. The van der Waals surface area contributed by atoms with Gasteiger partial charge in [-0.15, -0.1) is 0 Å². The standard InChI is InChI=1S/C25H36F2O4/c1-6-19(30)31-25(7-2)13(3)10-15-14-11-16(26)21-22(27)17(28)8-9-23(21,4)20(14)18(29)12-24(15,25)5/h13-16,18,20,29H,6-12H2,1-5H3/t13?,14-,15-,16?,18?,20-,23+,24-,25?/m0/s1. The monoisotopic (exact) mass is 438 g/mol. The number of carbonyl (C=O) groups is 2. The summed E-state index contributed by atoms with van der Waals surface area (Å²) in [4.78, 5) is 24.4. The number of alkyl halides is 1. The van der Waals surface area contributed by atoms with E-state index in [1.54, 1.807) is 6.92 Å². The molecule has 4 unspecified atom stereocenters. The zero-order chi connectivity index (χ0) is 22.9. The molecular formula is C25H36F2O4. The molecule has 174 valence electrons. The van der Waals surface area contributed by atoms with Gasteiger partial charge < -0.3 is 9.84 Å². The summed E-state index contributed by atoms with van der Waals surface area (Å²) in [5.74, 6) is -2.07. The van der Waals surface area contributed by atoms with Crippen molar-refractivity contribution < 1.29 is 28.2 Å². The van der Waals surface area contributed by atoms with Crippen molar-refractivity contribution in [3.8, 4) is 0 Å². The van der Waals surface area contributed by atoms with Crippen LogP contribution in [0.2, 0.25) is 0 Å². The lowest BCUT2D eigenvalue weighted by Gasteiger charge is -2.61. The van der Waals surface area contributed by atoms with Gasteiger partial charge in [0.15, 0.2) is 11.6 Å². The minimum absolute atomic E-state index is 0.0159. The smallest absolute Gasteiger partial charge is 0.306 e. The van der Waals surface area contributed by atoms with Crippen LogP contribution in [0.1, 0.15) is 79.6 Å². The third-order valence-corrected chi connectivity index (χ3v) is 9.82. The first-order valence-electron chi connectivity index (χ1n) is 11.9. The van der Waals surface area contributed by atoms with Crippen molar-refractivity contribution in [2.24, 2.45) is 34.5 Å². The van der Waals surface area contributed by atoms with Crippen molar-refractivity contribution in [2.75, 3.05) is 0 Å². The van der Waals surface area contributed by atoms with E-state index in [4.69, 9.17) is 4.74 Å². The van der Waals surface area contributed by atoms with Crippen molar-refractivity contribution >= 4 is 11.8 Å². The fraction of sp³-hybridized carbons (Fsp3) is 0.840. The van der Waals surface area contributed by atoms with Crippen LogP contribution in [0, 0.1) is 34.5 Å². The lowest BCUT2D eigenvalue weighted by molar-refractivity contribution is -0.207. The number of halogens is 2. The summed E-state index contributed by atoms with van der Waals surface area (Å²) < 4.78 is 36.4. The normalized spacial score (nSPS) is 49.4. The number of carbonyl (C=O) groups excluding carboxylic acids is 2. The van der Waals surface area contributed by atoms with E-state index in [1.165, 1.54) is 0 Å². The molecule has 3 fully saturated rings. The van der Waals surface area contributed by atoms with Crippen molar-refractivity contribution in [3.63, 3.8) is 0 Å². The Kier molecular flexibility index (Phi) is 5.43. The predicted molar refractivity (Wildman–Crippen MR) is 112 cm³/mol. The predicted octanol–water partition coefficient (Wildman–Crippen LogP) is 5.08. The summed E-state index contributed by atoms with van der Waals surface area (Å²) in [5.41, 5.74) is -2.06. The van der Waals surface area contributed by atoms with Gasteiger partial charge in [-0.25, -0.2) is 8.78 Å². The molecule has 4 rings (SSSR count). The molecule has 3 saturated carbocycles. The molecule has 0 aromatic rings. The van der Waals surface area contributed by atoms with Gasteiger partial charge in [0.1, 0.15) is 11.8 Å². The highest BCUT2D eigenvalue weighted by atomic mass is 19.1. The molecule has 0 saturated heterocycles. The lowest BCUT2D eigenvalue weighted by atomic mass is 9.45. The van der Waals surface area contributed by atoms with E-state index in [2.05, 4.69) is 13.8 Å². The van der Waals surface area contributed by atoms with Gasteiger partial charge in [0.2, 0.25) is 0 Å². The molecule has 0 amide bonds. The Hall–Kier alpha value is -1.30. The Morgan fingerprint density at radius 1 is 1.26 bits per heavy atom. The van der Waals surface area contributed by atoms with Crippen LogP contribution in [-0.2, 0) is 14.3 Å². The molecule has 0 radical (unpaired) electrons. The summed E-state index contributed by atoms with van der Waals surface area (Å²) >= 11 is 0. The fourth-order valence-corrected chi connectivity index (χ4v) is 8.52. The van der Waals surface area contributed by atoms with Gasteiger partial charge >= 0.3 is 5.97 Å². The third kappa shape index (κ3) is 2.85. The highest BCUT2D eigenvalue weighted by Gasteiger charge is 2.71. The van der Waals surface area contributed by atoms with Crippen molar-refractivity contribution in [1.29, 1.82) is 0 Å². The van der Waals surface area contributed by atoms with E-state index in [9.17, 15) is 19.1 Å². The molecule has 0 aromatic carbocycles. The van der Waals surface area contributed by atoms with E-state index in [0.717, 1.165) is 6.42 Å². The molecule has 6 heteroatoms. The molecule has 31 heavy (non-hydrogen) atoms. The number of Topliss-reactive ketones (excluding diaryl/α,β-unsaturated/α-hetero) is 1. The number of aliphatic hydroxyl groups is 1. The molecule has 4 aliphatic carbocycles. The van der Waals surface area contributed by atoms with E-state index < -0.39 is 40.3 Å². The van der Waals surface area contributed by atoms with Crippen LogP contribution in [0.25, 0.3) is 0 Å². The second-order valence-electron chi connectivity index (χ2n) is 11.0. The molecular weight excluding hydrogens is 402 g/mol. The highest BCUT2D eigenvalue weighted by Crippen LogP contribution is 2.70. The second-order valence-corrected chi connectivity index (χ2v) is 11.0. The highest BCUT2D eigenvalue weighted by molar-refractivity contribution is 5.95. The van der Waals surface area contributed by atoms with Crippen LogP contribution in [-0.4, -0.2) is 34.7 Å². The van der Waals surface area contributed by atoms with Crippen LogP contribution in [0.5, 0.6) is 0 Å². The Morgan fingerprint density at radius 2 is 1.94 bits per heavy atom. The van der Waals surface area contributed by atoms with Gasteiger partial charge in [-0.1, -0.05) is 34.6 Å². The molecule has 0 aromatic heterocycles. The molecule has 4 nitrogen and oxygen atoms in total. The van der Waals surface area contributed by atoms with Gasteiger partial charge in [0.05, 0.1) is 6.10 Å². The number of ketones is 1. The molecule has 1 N–H and O–H groups in total. The van der Waals surface area contributed by atoms with E-state index in [-0.39, 0.29) is 54.5 Å². The summed E-state index contributed by atoms with van der Waals surface area (Å²) in [5, 5.41) is 11.5. The van der Waals surface area contributed by atoms with Crippen molar-refractivity contribution in [2.45, 2.75) is 97.4 Å². The number of rotatable bonds is 3. The minimum Gasteiger partial charge on any atom is -0.458 e. The van der Waals surface area contributed by atoms with Crippen LogP contribution in [0.15, 0.2) is 11.4 Å². The van der Waals surface area contributed by atoms with Crippen LogP contribution in [0.3, 0.4) is 0 Å². The summed E-state index contributed by atoms with van der Waals surface area (Å²) in [7, 11) is 0. The fourth-order valence-electron chi connectivity index (χ4n) is 8.52. The second kappa shape index (κ2) is 7.36. The average Bonchev–Trinajstić information content (AvgIpc) is 2.91. The van der Waals surface area contributed by atoms with Crippen LogP contribution < -0.4 is 0 Å². The summed E-state index contributed by atoms with van der Waals surface area (Å²) in [6, 6.07) is 0. The molecule has 0 spiro atoms. The third-order valence-electron chi connectivity index (χ3n) is 9.82. The van der Waals surface area contributed by atoms with Crippen molar-refractivity contribution in [1.82, 2.24) is 0 Å². The topological polar surface area (TPSA) is 63.6 Å². The molecule has 0 bridgehead atoms. The Morgan fingerprint density at radius 3 is 2.55 bits per heavy atom. The van der Waals surface area contributed by atoms with Gasteiger partial charge in [0, 0.05) is 29.2 Å². The quantitative estimate of drug-likeness (QED) is 0.624. The largest absolute Gasteiger partial charge is 0.458 e. The Labute approximate surface area is 183 Å². The molecule has 0 aliphatic heterocycles. The van der Waals surface area contributed by atoms with Crippen molar-refractivity contribution in [3.05, 3.63) is 11.4 Å².